The minimum absolute atomic E-state index is 0. The molecule has 138 valence electrons. The van der Waals surface area contributed by atoms with E-state index in [0.29, 0.717) is 6.54 Å². The first-order valence-corrected chi connectivity index (χ1v) is 9.60. The molecule has 0 amide bonds. The van der Waals surface area contributed by atoms with Gasteiger partial charge in [0, 0.05) is 33.3 Å². The van der Waals surface area contributed by atoms with E-state index in [9.17, 15) is 4.79 Å². The molecule has 0 saturated heterocycles. The first-order valence-electron chi connectivity index (χ1n) is 8.72. The molecule has 0 aliphatic heterocycles. The predicted molar refractivity (Wildman–Crippen MR) is 106 cm³/mol. The van der Waals surface area contributed by atoms with Crippen LogP contribution in [0.5, 0.6) is 0 Å². The summed E-state index contributed by atoms with van der Waals surface area (Å²) in [5.41, 5.74) is 2.99. The Hall–Kier alpha value is -2.43. The van der Waals surface area contributed by atoms with Gasteiger partial charge in [0.15, 0.2) is 12.4 Å². The summed E-state index contributed by atoms with van der Waals surface area (Å²) >= 11 is 1.75. The lowest BCUT2D eigenvalue weighted by atomic mass is 10.1. The normalized spacial score (nSPS) is 10.7. The van der Waals surface area contributed by atoms with Crippen LogP contribution in [0.1, 0.15) is 26.6 Å². The number of thiophene rings is 1. The summed E-state index contributed by atoms with van der Waals surface area (Å²) in [5, 5.41) is 4.42. The smallest absolute Gasteiger partial charge is 0.229 e. The van der Waals surface area contributed by atoms with Crippen LogP contribution in [-0.4, -0.2) is 10.4 Å². The van der Waals surface area contributed by atoms with Gasteiger partial charge >= 0.3 is 0 Å². The Labute approximate surface area is 169 Å². The minimum atomic E-state index is 0. The van der Waals surface area contributed by atoms with Crippen molar-refractivity contribution in [3.05, 3.63) is 88.1 Å². The van der Waals surface area contributed by atoms with Crippen LogP contribution in [0.3, 0.4) is 0 Å². The number of carbonyl (C=O) groups is 1. The molecule has 0 unspecified atom stereocenters. The van der Waals surface area contributed by atoms with Gasteiger partial charge in [0.1, 0.15) is 0 Å². The Kier molecular flexibility index (Phi) is 5.78. The van der Waals surface area contributed by atoms with Gasteiger partial charge in [0.25, 0.3) is 0 Å². The molecule has 4 rings (SSSR count). The van der Waals surface area contributed by atoms with Gasteiger partial charge < -0.3 is 17.0 Å². The predicted octanol–water partition coefficient (Wildman–Crippen LogP) is 1.54. The molecule has 0 aliphatic rings. The number of hydrogen-bond donors (Lipinski definition) is 0. The number of carbonyl (C=O) groups excluding carboxylic acids is 1. The van der Waals surface area contributed by atoms with Crippen LogP contribution in [0.15, 0.2) is 66.3 Å². The maximum Gasteiger partial charge on any atom is 0.229 e. The van der Waals surface area contributed by atoms with Crippen molar-refractivity contribution in [3.63, 3.8) is 0 Å². The molecule has 5 heteroatoms. The second-order valence-corrected chi connectivity index (χ2v) is 7.65. The van der Waals surface area contributed by atoms with Gasteiger partial charge in [-0.15, -0.1) is 11.3 Å². The molecule has 3 aromatic heterocycles. The number of aromatic nitrogens is 2. The van der Waals surface area contributed by atoms with E-state index in [1.54, 1.807) is 11.3 Å². The minimum Gasteiger partial charge on any atom is -1.00 e. The van der Waals surface area contributed by atoms with Crippen molar-refractivity contribution in [2.75, 3.05) is 0 Å². The monoisotopic (exact) mass is 396 g/mol. The molecular formula is C22H21ClN2OS. The molecular weight excluding hydrogens is 376 g/mol. The van der Waals surface area contributed by atoms with Crippen molar-refractivity contribution in [2.24, 2.45) is 0 Å². The zero-order valence-electron chi connectivity index (χ0n) is 15.4. The number of hydrogen-bond acceptors (Lipinski definition) is 2. The molecule has 3 heterocycles. The molecule has 4 aromatic rings. The van der Waals surface area contributed by atoms with Crippen LogP contribution in [0.2, 0.25) is 0 Å². The topological polar surface area (TPSA) is 25.9 Å². The number of fused-ring (bicyclic) bond motifs is 1. The number of ketones is 1. The first-order chi connectivity index (χ1) is 12.6. The maximum absolute atomic E-state index is 12.9. The van der Waals surface area contributed by atoms with Crippen molar-refractivity contribution in [1.82, 2.24) is 4.57 Å². The highest BCUT2D eigenvalue weighted by Crippen LogP contribution is 2.20. The van der Waals surface area contributed by atoms with E-state index in [2.05, 4.69) is 47.2 Å². The van der Waals surface area contributed by atoms with Crippen molar-refractivity contribution in [1.29, 1.82) is 0 Å². The quantitative estimate of drug-likeness (QED) is 0.371. The first kappa shape index (κ1) is 19.3. The van der Waals surface area contributed by atoms with E-state index in [1.807, 2.05) is 42.1 Å². The van der Waals surface area contributed by atoms with E-state index >= 15 is 0 Å². The molecule has 0 aliphatic carbocycles. The number of pyridine rings is 1. The lowest BCUT2D eigenvalue weighted by Crippen LogP contribution is -3.00. The molecule has 0 radical (unpaired) electrons. The van der Waals surface area contributed by atoms with Crippen LogP contribution in [0.25, 0.3) is 10.8 Å². The number of Topliss-reactive ketones (excluding diaryl/α,β-unsaturated/α-hetero) is 1. The van der Waals surface area contributed by atoms with Crippen LogP contribution in [0, 0.1) is 13.8 Å². The highest BCUT2D eigenvalue weighted by Gasteiger charge is 2.19. The van der Waals surface area contributed by atoms with Crippen LogP contribution in [0.4, 0.5) is 0 Å². The molecule has 0 fully saturated rings. The Bertz CT molecular complexity index is 1080. The largest absolute Gasteiger partial charge is 1.00 e. The van der Waals surface area contributed by atoms with Crippen molar-refractivity contribution in [2.45, 2.75) is 26.9 Å². The molecule has 3 nitrogen and oxygen atoms in total. The maximum atomic E-state index is 12.9. The fourth-order valence-electron chi connectivity index (χ4n) is 3.41. The fraction of sp³-hybridized carbons (Fsp3) is 0.182. The summed E-state index contributed by atoms with van der Waals surface area (Å²) in [6.07, 6.45) is 4.02. The van der Waals surface area contributed by atoms with Gasteiger partial charge in [0.05, 0.1) is 6.54 Å². The lowest BCUT2D eigenvalue weighted by molar-refractivity contribution is -0.681. The fourth-order valence-corrected chi connectivity index (χ4v) is 4.11. The van der Waals surface area contributed by atoms with Crippen molar-refractivity contribution in [3.8, 4) is 0 Å². The van der Waals surface area contributed by atoms with Crippen LogP contribution in [-0.2, 0) is 13.1 Å². The average Bonchev–Trinajstić information content (AvgIpc) is 3.25. The Morgan fingerprint density at radius 3 is 2.59 bits per heavy atom. The van der Waals surface area contributed by atoms with E-state index in [4.69, 9.17) is 0 Å². The summed E-state index contributed by atoms with van der Waals surface area (Å²) < 4.78 is 4.19. The molecule has 1 aromatic carbocycles. The van der Waals surface area contributed by atoms with E-state index in [0.717, 1.165) is 28.9 Å². The van der Waals surface area contributed by atoms with E-state index in [1.165, 1.54) is 10.3 Å². The van der Waals surface area contributed by atoms with Gasteiger partial charge in [-0.1, -0.05) is 24.3 Å². The number of halogens is 1. The van der Waals surface area contributed by atoms with Gasteiger partial charge in [-0.2, -0.15) is 4.57 Å². The number of nitrogens with zero attached hydrogens (tertiary/aromatic N) is 2. The molecule has 27 heavy (non-hydrogen) atoms. The highest BCUT2D eigenvalue weighted by atomic mass is 35.5. The van der Waals surface area contributed by atoms with Crippen LogP contribution < -0.4 is 17.0 Å². The van der Waals surface area contributed by atoms with Crippen molar-refractivity contribution >= 4 is 27.9 Å². The van der Waals surface area contributed by atoms with Gasteiger partial charge in [-0.25, -0.2) is 0 Å². The third-order valence-electron chi connectivity index (χ3n) is 4.84. The third kappa shape index (κ3) is 3.97. The zero-order valence-corrected chi connectivity index (χ0v) is 16.9. The number of aryl methyl sites for hydroxylation is 1. The summed E-state index contributed by atoms with van der Waals surface area (Å²) in [4.78, 5) is 14.2. The van der Waals surface area contributed by atoms with Crippen molar-refractivity contribution < 1.29 is 21.8 Å². The summed E-state index contributed by atoms with van der Waals surface area (Å²) in [6, 6.07) is 16.5. The van der Waals surface area contributed by atoms with Gasteiger partial charge in [-0.3, -0.25) is 4.79 Å². The lowest BCUT2D eigenvalue weighted by Gasteiger charge is -2.08. The van der Waals surface area contributed by atoms with Crippen LogP contribution >= 0.6 is 11.3 Å². The van der Waals surface area contributed by atoms with E-state index in [-0.39, 0.29) is 18.2 Å². The molecule has 0 N–H and O–H groups in total. The second-order valence-electron chi connectivity index (χ2n) is 6.62. The second kappa shape index (κ2) is 8.07. The summed E-state index contributed by atoms with van der Waals surface area (Å²) in [5.74, 6) is 0.149. The summed E-state index contributed by atoms with van der Waals surface area (Å²) in [7, 11) is 0. The van der Waals surface area contributed by atoms with Gasteiger partial charge in [0.2, 0.25) is 12.3 Å². The SMILES string of the molecule is Cc1cc(C(=O)C[n+]2ccc3ccccc3c2)c(C)n1Cc1cccs1.[Cl-]. The third-order valence-corrected chi connectivity index (χ3v) is 5.70. The number of rotatable bonds is 5. The standard InChI is InChI=1S/C22H21N2OS.ClH/c1-16-12-21(17(2)24(16)14-20-8-5-11-26-20)22(25)15-23-10-9-18-6-3-4-7-19(18)13-23;/h3-13H,14-15H2,1-2H3;1H/q+1;/p-1. The Morgan fingerprint density at radius 2 is 1.85 bits per heavy atom. The molecule has 0 saturated carbocycles. The molecule has 0 atom stereocenters. The summed E-state index contributed by atoms with van der Waals surface area (Å²) in [6.45, 7) is 5.29. The molecule has 0 bridgehead atoms. The average molecular weight is 397 g/mol. The molecule has 0 spiro atoms. The Morgan fingerprint density at radius 1 is 1.07 bits per heavy atom. The zero-order chi connectivity index (χ0) is 18.1. The van der Waals surface area contributed by atoms with Gasteiger partial charge in [-0.05, 0) is 42.8 Å². The number of benzene rings is 1. The van der Waals surface area contributed by atoms with E-state index < -0.39 is 0 Å². The highest BCUT2D eigenvalue weighted by molar-refractivity contribution is 7.09. The Balaban J connectivity index is 0.00000210.